The highest BCUT2D eigenvalue weighted by Crippen LogP contribution is 2.40. The second kappa shape index (κ2) is 8.97. The molecule has 1 atom stereocenters. The highest BCUT2D eigenvalue weighted by Gasteiger charge is 2.31. The van der Waals surface area contributed by atoms with Gasteiger partial charge in [0.1, 0.15) is 0 Å². The molecular formula is C18H31BrFN. The summed E-state index contributed by atoms with van der Waals surface area (Å²) in [5.41, 5.74) is 1.20. The topological polar surface area (TPSA) is 4.93 Å². The summed E-state index contributed by atoms with van der Waals surface area (Å²) in [6.45, 7) is 6.79. The molecule has 0 aromatic carbocycles. The van der Waals surface area contributed by atoms with Crippen molar-refractivity contribution >= 4 is 15.9 Å². The van der Waals surface area contributed by atoms with Gasteiger partial charge in [0.2, 0.25) is 0 Å². The lowest BCUT2D eigenvalue weighted by molar-refractivity contribution is 0.340. The lowest BCUT2D eigenvalue weighted by atomic mass is 9.77. The molecule has 1 rings (SSSR count). The van der Waals surface area contributed by atoms with Crippen LogP contribution < -0.4 is 0 Å². The van der Waals surface area contributed by atoms with Crippen LogP contribution >= 0.6 is 15.9 Å². The van der Waals surface area contributed by atoms with Gasteiger partial charge in [0.15, 0.2) is 5.95 Å². The molecule has 0 radical (unpaired) electrons. The Hall–Kier alpha value is -0.310. The van der Waals surface area contributed by atoms with Gasteiger partial charge >= 0.3 is 0 Å². The number of unbranched alkanes of at least 4 members (excludes halogenated alkanes) is 5. The third kappa shape index (κ3) is 5.12. The average molecular weight is 360 g/mol. The van der Waals surface area contributed by atoms with Crippen molar-refractivity contribution in [3.8, 4) is 0 Å². The van der Waals surface area contributed by atoms with Crippen LogP contribution in [0.3, 0.4) is 0 Å². The molecular weight excluding hydrogens is 329 g/mol. The average Bonchev–Trinajstić information content (AvgIpc) is 2.69. The quantitative estimate of drug-likeness (QED) is 0.407. The molecule has 0 spiro atoms. The van der Waals surface area contributed by atoms with Gasteiger partial charge in [0.25, 0.3) is 0 Å². The molecule has 0 aliphatic rings. The fraction of sp³-hybridized carbons (Fsp3) is 0.778. The summed E-state index contributed by atoms with van der Waals surface area (Å²) in [5, 5.41) is 0. The number of hydrogen-bond donors (Lipinski definition) is 0. The highest BCUT2D eigenvalue weighted by atomic mass is 79.9. The summed E-state index contributed by atoms with van der Waals surface area (Å²) in [6.07, 6.45) is 11.1. The third-order valence-electron chi connectivity index (χ3n) is 4.61. The fourth-order valence-corrected chi connectivity index (χ4v) is 4.23. The molecule has 1 aromatic rings. The lowest BCUT2D eigenvalue weighted by Gasteiger charge is -2.31. The van der Waals surface area contributed by atoms with E-state index in [0.717, 1.165) is 23.0 Å². The Morgan fingerprint density at radius 2 is 1.57 bits per heavy atom. The van der Waals surface area contributed by atoms with Crippen LogP contribution in [0.1, 0.15) is 84.3 Å². The fourth-order valence-electron chi connectivity index (χ4n) is 3.30. The van der Waals surface area contributed by atoms with Crippen molar-refractivity contribution in [3.05, 3.63) is 22.2 Å². The molecule has 0 aliphatic heterocycles. The first-order chi connectivity index (χ1) is 9.96. The van der Waals surface area contributed by atoms with E-state index < -0.39 is 0 Å². The van der Waals surface area contributed by atoms with E-state index in [-0.39, 0.29) is 11.4 Å². The molecule has 0 fully saturated rings. The normalized spacial score (nSPS) is 14.4. The maximum absolute atomic E-state index is 13.9. The van der Waals surface area contributed by atoms with Crippen molar-refractivity contribution in [1.29, 1.82) is 0 Å². The Labute approximate surface area is 138 Å². The molecule has 0 amide bonds. The minimum absolute atomic E-state index is 0.0703. The predicted molar refractivity (Wildman–Crippen MR) is 93.3 cm³/mol. The summed E-state index contributed by atoms with van der Waals surface area (Å²) < 4.78 is 16.6. The maximum Gasteiger partial charge on any atom is 0.194 e. The number of rotatable bonds is 10. The van der Waals surface area contributed by atoms with E-state index in [1.54, 1.807) is 10.6 Å². The summed E-state index contributed by atoms with van der Waals surface area (Å²) in [6, 6.07) is 1.61. The van der Waals surface area contributed by atoms with Crippen LogP contribution in [0.25, 0.3) is 0 Å². The van der Waals surface area contributed by atoms with E-state index in [9.17, 15) is 4.39 Å². The van der Waals surface area contributed by atoms with Crippen LogP contribution in [0.4, 0.5) is 4.39 Å². The Balaban J connectivity index is 2.88. The van der Waals surface area contributed by atoms with Crippen molar-refractivity contribution in [1.82, 2.24) is 4.57 Å². The van der Waals surface area contributed by atoms with E-state index in [0.29, 0.717) is 0 Å². The first-order valence-electron chi connectivity index (χ1n) is 8.47. The van der Waals surface area contributed by atoms with E-state index >= 15 is 0 Å². The highest BCUT2D eigenvalue weighted by molar-refractivity contribution is 9.10. The third-order valence-corrected chi connectivity index (χ3v) is 5.22. The predicted octanol–water partition coefficient (Wildman–Crippen LogP) is 6.74. The van der Waals surface area contributed by atoms with Crippen molar-refractivity contribution in [2.75, 3.05) is 0 Å². The van der Waals surface area contributed by atoms with Gasteiger partial charge in [0.05, 0.1) is 0 Å². The molecule has 0 saturated carbocycles. The van der Waals surface area contributed by atoms with Crippen LogP contribution in [0.2, 0.25) is 0 Å². The van der Waals surface area contributed by atoms with Gasteiger partial charge in [-0.15, -0.1) is 0 Å². The van der Waals surface area contributed by atoms with Gasteiger partial charge in [-0.3, -0.25) is 0 Å². The SMILES string of the molecule is CCCCCCC(C)(CCCCC)c1c(Br)cc(F)n1C. The van der Waals surface area contributed by atoms with Gasteiger partial charge < -0.3 is 4.57 Å². The number of hydrogen-bond acceptors (Lipinski definition) is 0. The molecule has 1 unspecified atom stereocenters. The van der Waals surface area contributed by atoms with Gasteiger partial charge in [-0.05, 0) is 28.8 Å². The van der Waals surface area contributed by atoms with Crippen molar-refractivity contribution in [2.45, 2.75) is 84.0 Å². The Morgan fingerprint density at radius 3 is 2.05 bits per heavy atom. The van der Waals surface area contributed by atoms with Gasteiger partial charge in [-0.1, -0.05) is 65.7 Å². The molecule has 1 heterocycles. The first kappa shape index (κ1) is 18.7. The van der Waals surface area contributed by atoms with Crippen molar-refractivity contribution in [2.24, 2.45) is 7.05 Å². The molecule has 0 aliphatic carbocycles. The zero-order chi connectivity index (χ0) is 15.9. The van der Waals surface area contributed by atoms with E-state index in [4.69, 9.17) is 0 Å². The second-order valence-electron chi connectivity index (χ2n) is 6.55. The molecule has 21 heavy (non-hydrogen) atoms. The molecule has 122 valence electrons. The Morgan fingerprint density at radius 1 is 1.05 bits per heavy atom. The largest absolute Gasteiger partial charge is 0.323 e. The van der Waals surface area contributed by atoms with E-state index in [1.807, 2.05) is 7.05 Å². The van der Waals surface area contributed by atoms with Crippen LogP contribution in [-0.2, 0) is 12.5 Å². The van der Waals surface area contributed by atoms with Crippen molar-refractivity contribution in [3.63, 3.8) is 0 Å². The second-order valence-corrected chi connectivity index (χ2v) is 7.41. The standard InChI is InChI=1S/C18H31BrFN/c1-5-7-9-11-13-18(3,12-10-8-6-2)17-15(19)14-16(20)21(17)4/h14H,5-13H2,1-4H3. The Kier molecular flexibility index (Phi) is 8.00. The van der Waals surface area contributed by atoms with Crippen molar-refractivity contribution < 1.29 is 4.39 Å². The Bertz CT molecular complexity index is 427. The summed E-state index contributed by atoms with van der Waals surface area (Å²) >= 11 is 3.57. The zero-order valence-corrected chi connectivity index (χ0v) is 15.7. The number of aromatic nitrogens is 1. The smallest absolute Gasteiger partial charge is 0.194 e. The van der Waals surface area contributed by atoms with E-state index in [2.05, 4.69) is 36.7 Å². The monoisotopic (exact) mass is 359 g/mol. The van der Waals surface area contributed by atoms with Gasteiger partial charge in [0, 0.05) is 28.7 Å². The molecule has 1 nitrogen and oxygen atoms in total. The zero-order valence-electron chi connectivity index (χ0n) is 14.1. The molecule has 0 saturated heterocycles. The summed E-state index contributed by atoms with van der Waals surface area (Å²) in [7, 11) is 1.85. The van der Waals surface area contributed by atoms with Crippen LogP contribution in [-0.4, -0.2) is 4.57 Å². The van der Waals surface area contributed by atoms with Crippen LogP contribution in [0, 0.1) is 5.95 Å². The minimum atomic E-state index is -0.146. The molecule has 3 heteroatoms. The number of nitrogens with zero attached hydrogens (tertiary/aromatic N) is 1. The van der Waals surface area contributed by atoms with Gasteiger partial charge in [-0.25, -0.2) is 0 Å². The molecule has 0 bridgehead atoms. The molecule has 0 N–H and O–H groups in total. The van der Waals surface area contributed by atoms with Gasteiger partial charge in [-0.2, -0.15) is 4.39 Å². The summed E-state index contributed by atoms with van der Waals surface area (Å²) in [4.78, 5) is 0. The lowest BCUT2D eigenvalue weighted by Crippen LogP contribution is -2.26. The molecule has 1 aromatic heterocycles. The first-order valence-corrected chi connectivity index (χ1v) is 9.26. The van der Waals surface area contributed by atoms with E-state index in [1.165, 1.54) is 44.9 Å². The van der Waals surface area contributed by atoms with Crippen LogP contribution in [0.5, 0.6) is 0 Å². The van der Waals surface area contributed by atoms with Crippen LogP contribution in [0.15, 0.2) is 10.5 Å². The summed E-state index contributed by atoms with van der Waals surface area (Å²) in [5.74, 6) is -0.146. The maximum atomic E-state index is 13.9. The number of halogens is 2. The minimum Gasteiger partial charge on any atom is -0.323 e.